The maximum absolute atomic E-state index is 12.8. The van der Waals surface area contributed by atoms with Gasteiger partial charge in [-0.15, -0.1) is 5.10 Å². The van der Waals surface area contributed by atoms with Crippen LogP contribution in [0.3, 0.4) is 0 Å². The summed E-state index contributed by atoms with van der Waals surface area (Å²) in [6.07, 6.45) is 2.49. The van der Waals surface area contributed by atoms with Crippen molar-refractivity contribution in [1.29, 1.82) is 0 Å². The molecule has 1 amide bonds. The number of carbonyl (C=O) groups is 1. The Balaban J connectivity index is 1.53. The molecule has 0 unspecified atom stereocenters. The van der Waals surface area contributed by atoms with E-state index in [1.807, 2.05) is 50.2 Å². The summed E-state index contributed by atoms with van der Waals surface area (Å²) >= 11 is 0. The highest BCUT2D eigenvalue weighted by Gasteiger charge is 2.19. The average molecular weight is 375 g/mol. The molecule has 0 atom stereocenters. The molecule has 6 heteroatoms. The van der Waals surface area contributed by atoms with Gasteiger partial charge in [0.2, 0.25) is 0 Å². The van der Waals surface area contributed by atoms with E-state index in [1.54, 1.807) is 4.68 Å². The Labute approximate surface area is 165 Å². The first kappa shape index (κ1) is 18.2. The number of rotatable bonds is 4. The normalized spacial score (nSPS) is 13.8. The van der Waals surface area contributed by atoms with Crippen molar-refractivity contribution in [3.63, 3.8) is 0 Å². The predicted octanol–water partition coefficient (Wildman–Crippen LogP) is 4.05. The first-order valence-electron chi connectivity index (χ1n) is 9.69. The smallest absolute Gasteiger partial charge is 0.278 e. The molecule has 4 rings (SSSR count). The summed E-state index contributed by atoms with van der Waals surface area (Å²) in [5.74, 6) is -0.246. The minimum atomic E-state index is -0.246. The van der Waals surface area contributed by atoms with Crippen LogP contribution >= 0.6 is 0 Å². The number of hydrogen-bond donors (Lipinski definition) is 1. The second kappa shape index (κ2) is 7.46. The quantitative estimate of drug-likeness (QED) is 0.747. The molecule has 0 spiro atoms. The molecule has 0 aliphatic carbocycles. The Morgan fingerprint density at radius 3 is 2.54 bits per heavy atom. The lowest BCUT2D eigenvalue weighted by Crippen LogP contribution is -2.19. The van der Waals surface area contributed by atoms with Gasteiger partial charge in [-0.1, -0.05) is 17.3 Å². The van der Waals surface area contributed by atoms with Crippen molar-refractivity contribution in [3.05, 3.63) is 65.0 Å². The minimum absolute atomic E-state index is 0.246. The van der Waals surface area contributed by atoms with E-state index < -0.39 is 0 Å². The van der Waals surface area contributed by atoms with Crippen molar-refractivity contribution in [3.8, 4) is 5.69 Å². The second-order valence-corrected chi connectivity index (χ2v) is 7.42. The molecule has 1 aliphatic heterocycles. The van der Waals surface area contributed by atoms with Gasteiger partial charge in [0.25, 0.3) is 5.91 Å². The van der Waals surface area contributed by atoms with Crippen molar-refractivity contribution in [2.24, 2.45) is 0 Å². The van der Waals surface area contributed by atoms with Crippen LogP contribution in [0.4, 0.5) is 11.4 Å². The van der Waals surface area contributed by atoms with E-state index in [-0.39, 0.29) is 5.91 Å². The summed E-state index contributed by atoms with van der Waals surface area (Å²) in [5.41, 5.74) is 6.27. The highest BCUT2D eigenvalue weighted by molar-refractivity contribution is 6.03. The van der Waals surface area contributed by atoms with E-state index in [9.17, 15) is 4.79 Å². The zero-order valence-electron chi connectivity index (χ0n) is 16.6. The van der Waals surface area contributed by atoms with Crippen LogP contribution in [0.5, 0.6) is 0 Å². The van der Waals surface area contributed by atoms with E-state index in [0.717, 1.165) is 30.0 Å². The molecule has 3 aromatic rings. The van der Waals surface area contributed by atoms with E-state index in [2.05, 4.69) is 33.5 Å². The first-order chi connectivity index (χ1) is 13.5. The van der Waals surface area contributed by atoms with Crippen molar-refractivity contribution >= 4 is 17.3 Å². The molecular formula is C22H25N5O. The number of hydrogen-bond acceptors (Lipinski definition) is 4. The van der Waals surface area contributed by atoms with Gasteiger partial charge in [-0.3, -0.25) is 4.79 Å². The lowest BCUT2D eigenvalue weighted by atomic mass is 10.1. The molecule has 1 N–H and O–H groups in total. The van der Waals surface area contributed by atoms with Crippen LogP contribution in [0.25, 0.3) is 5.69 Å². The number of aryl methyl sites for hydroxylation is 2. The lowest BCUT2D eigenvalue weighted by Gasteiger charge is -2.20. The third-order valence-electron chi connectivity index (χ3n) is 5.26. The largest absolute Gasteiger partial charge is 0.371 e. The monoisotopic (exact) mass is 375 g/mol. The molecule has 144 valence electrons. The molecule has 2 heterocycles. The number of benzene rings is 2. The van der Waals surface area contributed by atoms with Crippen LogP contribution in [-0.4, -0.2) is 34.0 Å². The van der Waals surface area contributed by atoms with Gasteiger partial charge >= 0.3 is 0 Å². The maximum Gasteiger partial charge on any atom is 0.278 e. The molecule has 1 fully saturated rings. The predicted molar refractivity (Wildman–Crippen MR) is 111 cm³/mol. The number of carbonyl (C=O) groups excluding carboxylic acids is 1. The molecule has 1 saturated heterocycles. The van der Waals surface area contributed by atoms with Gasteiger partial charge in [0.1, 0.15) is 0 Å². The molecule has 2 aromatic carbocycles. The Kier molecular flexibility index (Phi) is 4.86. The fourth-order valence-electron chi connectivity index (χ4n) is 3.78. The van der Waals surface area contributed by atoms with E-state index >= 15 is 0 Å². The zero-order chi connectivity index (χ0) is 19.7. The summed E-state index contributed by atoms with van der Waals surface area (Å²) in [6.45, 7) is 8.18. The zero-order valence-corrected chi connectivity index (χ0v) is 16.6. The molecule has 0 saturated carbocycles. The van der Waals surface area contributed by atoms with Crippen LogP contribution in [0.2, 0.25) is 0 Å². The Morgan fingerprint density at radius 1 is 1.04 bits per heavy atom. The van der Waals surface area contributed by atoms with E-state index in [4.69, 9.17) is 0 Å². The van der Waals surface area contributed by atoms with Crippen molar-refractivity contribution in [2.45, 2.75) is 33.6 Å². The number of nitrogens with zero attached hydrogens (tertiary/aromatic N) is 4. The van der Waals surface area contributed by atoms with Crippen LogP contribution in [0.1, 0.15) is 40.2 Å². The van der Waals surface area contributed by atoms with Gasteiger partial charge < -0.3 is 10.2 Å². The average Bonchev–Trinajstić information content (AvgIpc) is 3.31. The van der Waals surface area contributed by atoms with Gasteiger partial charge in [0.15, 0.2) is 5.69 Å². The molecule has 28 heavy (non-hydrogen) atoms. The lowest BCUT2D eigenvalue weighted by molar-refractivity contribution is 0.102. The third-order valence-corrected chi connectivity index (χ3v) is 5.26. The van der Waals surface area contributed by atoms with Crippen LogP contribution in [0.15, 0.2) is 42.5 Å². The molecule has 1 aromatic heterocycles. The van der Waals surface area contributed by atoms with Gasteiger partial charge in [-0.05, 0) is 75.1 Å². The Bertz CT molecular complexity index is 1020. The fourth-order valence-corrected chi connectivity index (χ4v) is 3.78. The minimum Gasteiger partial charge on any atom is -0.371 e. The standard InChI is InChI=1S/C22H25N5O/c1-15-7-6-8-19(13-15)27-17(3)21(24-25-27)22(28)23-18-9-10-20(16(2)14-18)26-11-4-5-12-26/h6-10,13-14H,4-5,11-12H2,1-3H3,(H,23,28). The Hall–Kier alpha value is -3.15. The summed E-state index contributed by atoms with van der Waals surface area (Å²) in [6, 6.07) is 14.0. The molecule has 0 radical (unpaired) electrons. The van der Waals surface area contributed by atoms with Gasteiger partial charge in [0, 0.05) is 24.5 Å². The van der Waals surface area contributed by atoms with Gasteiger partial charge in [-0.25, -0.2) is 4.68 Å². The molecule has 0 bridgehead atoms. The molecule has 6 nitrogen and oxygen atoms in total. The van der Waals surface area contributed by atoms with Crippen LogP contribution in [-0.2, 0) is 0 Å². The molecular weight excluding hydrogens is 350 g/mol. The van der Waals surface area contributed by atoms with Gasteiger partial charge in [-0.2, -0.15) is 0 Å². The molecule has 1 aliphatic rings. The van der Waals surface area contributed by atoms with Crippen molar-refractivity contribution in [2.75, 3.05) is 23.3 Å². The van der Waals surface area contributed by atoms with Crippen LogP contribution < -0.4 is 10.2 Å². The third kappa shape index (κ3) is 3.50. The summed E-state index contributed by atoms with van der Waals surface area (Å²) in [4.78, 5) is 15.2. The number of amides is 1. The SMILES string of the molecule is Cc1cccc(-n2nnc(C(=O)Nc3ccc(N4CCCC4)c(C)c3)c2C)c1. The summed E-state index contributed by atoms with van der Waals surface area (Å²) in [7, 11) is 0. The highest BCUT2D eigenvalue weighted by Crippen LogP contribution is 2.27. The number of aromatic nitrogens is 3. The number of anilines is 2. The van der Waals surface area contributed by atoms with Crippen LogP contribution in [0, 0.1) is 20.8 Å². The maximum atomic E-state index is 12.8. The second-order valence-electron chi connectivity index (χ2n) is 7.42. The first-order valence-corrected chi connectivity index (χ1v) is 9.69. The highest BCUT2D eigenvalue weighted by atomic mass is 16.2. The van der Waals surface area contributed by atoms with Crippen molar-refractivity contribution < 1.29 is 4.79 Å². The number of nitrogens with one attached hydrogen (secondary N) is 1. The summed E-state index contributed by atoms with van der Waals surface area (Å²) in [5, 5.41) is 11.2. The van der Waals surface area contributed by atoms with E-state index in [0.29, 0.717) is 11.4 Å². The van der Waals surface area contributed by atoms with E-state index in [1.165, 1.54) is 24.1 Å². The topological polar surface area (TPSA) is 63.1 Å². The fraction of sp³-hybridized carbons (Fsp3) is 0.318. The van der Waals surface area contributed by atoms with Crippen molar-refractivity contribution in [1.82, 2.24) is 15.0 Å². The van der Waals surface area contributed by atoms with Gasteiger partial charge in [0.05, 0.1) is 11.4 Å². The Morgan fingerprint density at radius 2 is 1.82 bits per heavy atom. The summed E-state index contributed by atoms with van der Waals surface area (Å²) < 4.78 is 1.70.